The Morgan fingerprint density at radius 1 is 1.20 bits per heavy atom. The van der Waals surface area contributed by atoms with Gasteiger partial charge in [0, 0.05) is 0 Å². The zero-order valence-electron chi connectivity index (χ0n) is 9.83. The van der Waals surface area contributed by atoms with Gasteiger partial charge in [-0.05, 0) is 19.1 Å². The smallest absolute Gasteiger partial charge is 0.191 e. The van der Waals surface area contributed by atoms with Gasteiger partial charge in [0.05, 0.1) is 21.3 Å². The highest BCUT2D eigenvalue weighted by Crippen LogP contribution is 2.37. The largest absolute Gasteiger partial charge is 0.416 e. The van der Waals surface area contributed by atoms with E-state index in [1.807, 2.05) is 0 Å². The van der Waals surface area contributed by atoms with E-state index in [4.69, 9.17) is 28.5 Å². The van der Waals surface area contributed by atoms with Gasteiger partial charge in [0.25, 0.3) is 0 Å². The topological polar surface area (TPSA) is 54.5 Å². The molecule has 2 aromatic rings. The minimum absolute atomic E-state index is 0.00840. The molecule has 0 radical (unpaired) electrons. The van der Waals surface area contributed by atoms with Crippen LogP contribution in [-0.2, 0) is 6.18 Å². The monoisotopic (exact) mass is 320 g/mol. The highest BCUT2D eigenvalue weighted by atomic mass is 35.5. The molecule has 0 aliphatic heterocycles. The molecule has 0 saturated carbocycles. The summed E-state index contributed by atoms with van der Waals surface area (Å²) in [6.07, 6.45) is -4.56. The molecule has 1 aromatic carbocycles. The van der Waals surface area contributed by atoms with Crippen molar-refractivity contribution in [1.82, 2.24) is 15.0 Å². The van der Waals surface area contributed by atoms with Crippen LogP contribution in [0, 0.1) is 18.3 Å². The molecule has 4 nitrogen and oxygen atoms in total. The first-order valence-electron chi connectivity index (χ1n) is 5.14. The highest BCUT2D eigenvalue weighted by Gasteiger charge is 2.32. The second kappa shape index (κ2) is 4.96. The third-order valence-electron chi connectivity index (χ3n) is 2.43. The molecule has 0 fully saturated rings. The molecule has 20 heavy (non-hydrogen) atoms. The third-order valence-corrected chi connectivity index (χ3v) is 3.01. The first-order valence-corrected chi connectivity index (χ1v) is 5.90. The minimum atomic E-state index is -4.56. The number of nitriles is 1. The molecule has 1 aromatic heterocycles. The Balaban J connectivity index is 2.61. The van der Waals surface area contributed by atoms with E-state index in [2.05, 4.69) is 10.2 Å². The van der Waals surface area contributed by atoms with Crippen molar-refractivity contribution >= 4 is 23.2 Å². The molecule has 0 amide bonds. The summed E-state index contributed by atoms with van der Waals surface area (Å²) in [5, 5.41) is 16.0. The van der Waals surface area contributed by atoms with Crippen molar-refractivity contribution in [3.8, 4) is 11.8 Å². The van der Waals surface area contributed by atoms with Crippen LogP contribution in [0.3, 0.4) is 0 Å². The molecule has 2 rings (SSSR count). The molecule has 0 spiro atoms. The molecule has 104 valence electrons. The summed E-state index contributed by atoms with van der Waals surface area (Å²) in [5.74, 6) is 0. The number of rotatable bonds is 1. The van der Waals surface area contributed by atoms with Gasteiger partial charge in [-0.3, -0.25) is 0 Å². The number of aryl methyl sites for hydroxylation is 1. The predicted octanol–water partition coefficient (Wildman–Crippen LogP) is 3.77. The second-order valence-electron chi connectivity index (χ2n) is 3.82. The van der Waals surface area contributed by atoms with E-state index < -0.39 is 11.7 Å². The molecule has 0 aliphatic carbocycles. The summed E-state index contributed by atoms with van der Waals surface area (Å²) < 4.78 is 37.8. The van der Waals surface area contributed by atoms with Crippen LogP contribution < -0.4 is 0 Å². The first kappa shape index (κ1) is 14.6. The van der Waals surface area contributed by atoms with E-state index in [-0.39, 0.29) is 21.4 Å². The maximum atomic E-state index is 12.6. The van der Waals surface area contributed by atoms with Crippen molar-refractivity contribution in [1.29, 1.82) is 5.26 Å². The van der Waals surface area contributed by atoms with Gasteiger partial charge in [-0.2, -0.15) is 23.5 Å². The Morgan fingerprint density at radius 2 is 1.75 bits per heavy atom. The Hall–Kier alpha value is -1.78. The van der Waals surface area contributed by atoms with Crippen LogP contribution in [0.15, 0.2) is 12.1 Å². The molecular weight excluding hydrogens is 316 g/mol. The maximum absolute atomic E-state index is 12.6. The third kappa shape index (κ3) is 2.57. The molecule has 0 unspecified atom stereocenters. The van der Waals surface area contributed by atoms with Crippen LogP contribution in [0.4, 0.5) is 13.2 Å². The number of halogens is 5. The van der Waals surface area contributed by atoms with Gasteiger partial charge in [-0.1, -0.05) is 23.2 Å². The number of benzene rings is 1. The normalized spacial score (nSPS) is 11.4. The lowest BCUT2D eigenvalue weighted by molar-refractivity contribution is -0.137. The molecule has 0 bridgehead atoms. The van der Waals surface area contributed by atoms with Crippen molar-refractivity contribution in [3.63, 3.8) is 0 Å². The average molecular weight is 321 g/mol. The molecular formula is C11H5Cl2F3N4. The quantitative estimate of drug-likeness (QED) is 0.803. The lowest BCUT2D eigenvalue weighted by Gasteiger charge is -2.11. The fourth-order valence-corrected chi connectivity index (χ4v) is 2.14. The summed E-state index contributed by atoms with van der Waals surface area (Å²) in [7, 11) is 0. The lowest BCUT2D eigenvalue weighted by atomic mass is 10.2. The Kier molecular flexibility index (Phi) is 3.63. The van der Waals surface area contributed by atoms with Gasteiger partial charge >= 0.3 is 6.18 Å². The molecule has 0 saturated heterocycles. The van der Waals surface area contributed by atoms with Crippen molar-refractivity contribution in [2.24, 2.45) is 0 Å². The summed E-state index contributed by atoms with van der Waals surface area (Å²) >= 11 is 11.6. The van der Waals surface area contributed by atoms with E-state index >= 15 is 0 Å². The SMILES string of the molecule is Cc1nn(-c2c(Cl)cc(C(F)(F)F)cc2Cl)nc1C#N. The summed E-state index contributed by atoms with van der Waals surface area (Å²) in [6, 6.07) is 3.26. The minimum Gasteiger partial charge on any atom is -0.191 e. The summed E-state index contributed by atoms with van der Waals surface area (Å²) in [5.41, 5.74) is -0.622. The Labute approximate surface area is 121 Å². The van der Waals surface area contributed by atoms with Crippen LogP contribution in [0.2, 0.25) is 10.0 Å². The van der Waals surface area contributed by atoms with Gasteiger partial charge in [0.2, 0.25) is 0 Å². The number of alkyl halides is 3. The highest BCUT2D eigenvalue weighted by molar-refractivity contribution is 6.37. The van der Waals surface area contributed by atoms with Crippen LogP contribution in [0.1, 0.15) is 17.0 Å². The van der Waals surface area contributed by atoms with E-state index in [1.54, 1.807) is 6.07 Å². The molecule has 0 N–H and O–H groups in total. The van der Waals surface area contributed by atoms with Crippen molar-refractivity contribution in [2.75, 3.05) is 0 Å². The van der Waals surface area contributed by atoms with E-state index in [9.17, 15) is 13.2 Å². The number of aromatic nitrogens is 3. The van der Waals surface area contributed by atoms with Gasteiger partial charge in [-0.15, -0.1) is 9.90 Å². The number of nitrogens with zero attached hydrogens (tertiary/aromatic N) is 4. The Morgan fingerprint density at radius 3 is 2.15 bits per heavy atom. The zero-order valence-corrected chi connectivity index (χ0v) is 11.3. The van der Waals surface area contributed by atoms with Crippen LogP contribution in [-0.4, -0.2) is 15.0 Å². The van der Waals surface area contributed by atoms with Crippen LogP contribution in [0.25, 0.3) is 5.69 Å². The fourth-order valence-electron chi connectivity index (χ4n) is 1.50. The average Bonchev–Trinajstić information content (AvgIpc) is 2.68. The van der Waals surface area contributed by atoms with E-state index in [0.717, 1.165) is 16.9 Å². The van der Waals surface area contributed by atoms with Gasteiger partial charge < -0.3 is 0 Å². The van der Waals surface area contributed by atoms with Gasteiger partial charge in [-0.25, -0.2) is 0 Å². The van der Waals surface area contributed by atoms with Crippen molar-refractivity contribution < 1.29 is 13.2 Å². The molecule has 0 aliphatic rings. The van der Waals surface area contributed by atoms with Crippen molar-refractivity contribution in [2.45, 2.75) is 13.1 Å². The number of hydrogen-bond donors (Lipinski definition) is 0. The molecule has 0 atom stereocenters. The Bertz CT molecular complexity index is 692. The standard InChI is InChI=1S/C11H5Cl2F3N4/c1-5-9(4-17)19-20(18-5)10-7(12)2-6(3-8(10)13)11(14,15)16/h2-3H,1H3. The first-order chi connectivity index (χ1) is 9.24. The summed E-state index contributed by atoms with van der Waals surface area (Å²) in [6.45, 7) is 1.54. The molecule has 9 heteroatoms. The van der Waals surface area contributed by atoms with Gasteiger partial charge in [0.1, 0.15) is 11.8 Å². The number of hydrogen-bond acceptors (Lipinski definition) is 3. The van der Waals surface area contributed by atoms with Gasteiger partial charge in [0.15, 0.2) is 5.69 Å². The van der Waals surface area contributed by atoms with Crippen LogP contribution in [0.5, 0.6) is 0 Å². The summed E-state index contributed by atoms with van der Waals surface area (Å²) in [4.78, 5) is 0.943. The predicted molar refractivity (Wildman–Crippen MR) is 65.8 cm³/mol. The zero-order chi connectivity index (χ0) is 15.1. The second-order valence-corrected chi connectivity index (χ2v) is 4.64. The van der Waals surface area contributed by atoms with E-state index in [0.29, 0.717) is 5.69 Å². The van der Waals surface area contributed by atoms with E-state index in [1.165, 1.54) is 6.92 Å². The van der Waals surface area contributed by atoms with Crippen LogP contribution >= 0.6 is 23.2 Å². The maximum Gasteiger partial charge on any atom is 0.416 e. The van der Waals surface area contributed by atoms with Crippen molar-refractivity contribution in [3.05, 3.63) is 39.1 Å². The molecule has 1 heterocycles. The fraction of sp³-hybridized carbons (Fsp3) is 0.182. The lowest BCUT2D eigenvalue weighted by Crippen LogP contribution is -2.08.